The van der Waals surface area contributed by atoms with Gasteiger partial charge in [0, 0.05) is 55.4 Å². The number of halogens is 1. The molecule has 3 aromatic heterocycles. The second kappa shape index (κ2) is 7.41. The maximum atomic E-state index is 13.1. The van der Waals surface area contributed by atoms with E-state index in [1.807, 2.05) is 43.6 Å². The lowest BCUT2D eigenvalue weighted by Gasteiger charge is -2.33. The zero-order chi connectivity index (χ0) is 21.8. The number of hydrogen-bond acceptors (Lipinski definition) is 6. The number of fused-ring (bicyclic) bond motifs is 2. The van der Waals surface area contributed by atoms with Crippen molar-refractivity contribution >= 4 is 27.8 Å². The first kappa shape index (κ1) is 19.4. The highest BCUT2D eigenvalue weighted by Gasteiger charge is 2.33. The predicted octanol–water partition coefficient (Wildman–Crippen LogP) is 3.56. The summed E-state index contributed by atoms with van der Waals surface area (Å²) in [5.74, 6) is 1.10. The maximum absolute atomic E-state index is 13.1. The van der Waals surface area contributed by atoms with E-state index in [0.29, 0.717) is 36.2 Å². The number of aromatic nitrogens is 4. The van der Waals surface area contributed by atoms with Crippen molar-refractivity contribution in [2.45, 2.75) is 37.5 Å². The lowest BCUT2D eigenvalue weighted by atomic mass is 9.90. The predicted molar refractivity (Wildman–Crippen MR) is 123 cm³/mol. The molecular weight excluding hydrogens is 407 g/mol. The van der Waals surface area contributed by atoms with Crippen LogP contribution in [0.15, 0.2) is 42.6 Å². The molecule has 164 valence electrons. The Bertz CT molecular complexity index is 1310. The van der Waals surface area contributed by atoms with Gasteiger partial charge in [0.25, 0.3) is 0 Å². The molecule has 1 atom stereocenters. The first-order valence-electron chi connectivity index (χ1n) is 11.1. The van der Waals surface area contributed by atoms with Gasteiger partial charge in [-0.15, -0.1) is 0 Å². The smallest absolute Gasteiger partial charge is 0.129 e. The van der Waals surface area contributed by atoms with E-state index in [9.17, 15) is 9.50 Å². The van der Waals surface area contributed by atoms with Gasteiger partial charge in [-0.3, -0.25) is 4.68 Å². The van der Waals surface area contributed by atoms with Crippen molar-refractivity contribution in [2.75, 3.05) is 18.0 Å². The molecular formula is C24H25FN6O. The SMILES string of the molecule is Cn1cc2cc(-c3ccc4nc(N5CC[C@H](NC6CC(F)C6)C5)ccc4n3)c(O)cc2n1. The minimum Gasteiger partial charge on any atom is -0.507 e. The number of aryl methyl sites for hydroxylation is 1. The number of phenolic OH excluding ortho intramolecular Hbond substituents is 1. The molecule has 1 saturated heterocycles. The number of benzene rings is 1. The quantitative estimate of drug-likeness (QED) is 0.513. The van der Waals surface area contributed by atoms with Crippen molar-refractivity contribution < 1.29 is 9.50 Å². The van der Waals surface area contributed by atoms with Crippen LogP contribution in [0.4, 0.5) is 10.2 Å². The summed E-state index contributed by atoms with van der Waals surface area (Å²) < 4.78 is 14.8. The normalized spacial score (nSPS) is 23.2. The Morgan fingerprint density at radius 2 is 1.84 bits per heavy atom. The van der Waals surface area contributed by atoms with E-state index in [1.54, 1.807) is 10.7 Å². The topological polar surface area (TPSA) is 79.1 Å². The second-order valence-electron chi connectivity index (χ2n) is 9.00. The largest absolute Gasteiger partial charge is 0.507 e. The summed E-state index contributed by atoms with van der Waals surface area (Å²) in [5.41, 5.74) is 3.74. The van der Waals surface area contributed by atoms with Crippen molar-refractivity contribution in [3.63, 3.8) is 0 Å². The van der Waals surface area contributed by atoms with Crippen LogP contribution in [0.3, 0.4) is 0 Å². The first-order valence-corrected chi connectivity index (χ1v) is 11.1. The van der Waals surface area contributed by atoms with E-state index in [2.05, 4.69) is 15.3 Å². The Morgan fingerprint density at radius 3 is 2.69 bits per heavy atom. The molecule has 0 radical (unpaired) electrons. The number of rotatable bonds is 4. The van der Waals surface area contributed by atoms with Gasteiger partial charge in [0.15, 0.2) is 0 Å². The van der Waals surface area contributed by atoms with Crippen LogP contribution in [0.1, 0.15) is 19.3 Å². The number of anilines is 1. The lowest BCUT2D eigenvalue weighted by molar-refractivity contribution is 0.148. The third kappa shape index (κ3) is 3.44. The van der Waals surface area contributed by atoms with Gasteiger partial charge in [0.2, 0.25) is 0 Å². The van der Waals surface area contributed by atoms with Gasteiger partial charge in [-0.1, -0.05) is 0 Å². The number of pyridine rings is 2. The molecule has 1 aliphatic carbocycles. The van der Waals surface area contributed by atoms with E-state index in [0.717, 1.165) is 47.3 Å². The molecule has 2 aliphatic rings. The molecule has 2 N–H and O–H groups in total. The van der Waals surface area contributed by atoms with Crippen molar-refractivity contribution in [1.82, 2.24) is 25.1 Å². The van der Waals surface area contributed by atoms with Crippen LogP contribution in [-0.2, 0) is 7.05 Å². The van der Waals surface area contributed by atoms with Crippen LogP contribution >= 0.6 is 0 Å². The second-order valence-corrected chi connectivity index (χ2v) is 9.00. The molecule has 1 aliphatic heterocycles. The molecule has 4 heterocycles. The Labute approximate surface area is 184 Å². The van der Waals surface area contributed by atoms with Crippen LogP contribution in [0, 0.1) is 0 Å². The van der Waals surface area contributed by atoms with Crippen molar-refractivity contribution in [3.05, 3.63) is 42.6 Å². The summed E-state index contributed by atoms with van der Waals surface area (Å²) >= 11 is 0. The molecule has 0 spiro atoms. The molecule has 1 saturated carbocycles. The van der Waals surface area contributed by atoms with Crippen LogP contribution in [-0.4, -0.2) is 56.2 Å². The van der Waals surface area contributed by atoms with Gasteiger partial charge in [-0.25, -0.2) is 14.4 Å². The van der Waals surface area contributed by atoms with Crippen molar-refractivity contribution in [1.29, 1.82) is 0 Å². The molecule has 6 rings (SSSR count). The first-order chi connectivity index (χ1) is 15.5. The van der Waals surface area contributed by atoms with E-state index < -0.39 is 6.17 Å². The molecule has 0 bridgehead atoms. The zero-order valence-corrected chi connectivity index (χ0v) is 17.9. The van der Waals surface area contributed by atoms with Crippen LogP contribution in [0.5, 0.6) is 5.75 Å². The van der Waals surface area contributed by atoms with E-state index in [1.165, 1.54) is 0 Å². The molecule has 2 fully saturated rings. The maximum Gasteiger partial charge on any atom is 0.129 e. The monoisotopic (exact) mass is 432 g/mol. The third-order valence-electron chi connectivity index (χ3n) is 6.60. The summed E-state index contributed by atoms with van der Waals surface area (Å²) in [4.78, 5) is 11.9. The number of alkyl halides is 1. The molecule has 1 aromatic carbocycles. The zero-order valence-electron chi connectivity index (χ0n) is 17.9. The Kier molecular flexibility index (Phi) is 4.50. The summed E-state index contributed by atoms with van der Waals surface area (Å²) in [6, 6.07) is 12.1. The standard InChI is InChI=1S/C24H25FN6O/c1-30-12-14-8-18(23(32)11-22(14)29-30)19-2-3-21-20(27-19)4-5-24(28-21)31-7-6-16(13-31)26-17-9-15(25)10-17/h2-5,8,11-12,15-17,26,32H,6-7,9-10,13H2,1H3/t15?,16-,17?/m0/s1. The van der Waals surface area contributed by atoms with E-state index >= 15 is 0 Å². The summed E-state index contributed by atoms with van der Waals surface area (Å²) in [6.45, 7) is 1.82. The van der Waals surface area contributed by atoms with E-state index in [4.69, 9.17) is 9.97 Å². The molecule has 8 heteroatoms. The lowest BCUT2D eigenvalue weighted by Crippen LogP contribution is -2.48. The molecule has 4 aromatic rings. The minimum absolute atomic E-state index is 0.161. The highest BCUT2D eigenvalue weighted by Crippen LogP contribution is 2.33. The Hall–Kier alpha value is -3.26. The molecule has 0 amide bonds. The average molecular weight is 433 g/mol. The number of nitrogens with zero attached hydrogens (tertiary/aromatic N) is 5. The molecule has 7 nitrogen and oxygen atoms in total. The number of phenols is 1. The Morgan fingerprint density at radius 1 is 1.03 bits per heavy atom. The highest BCUT2D eigenvalue weighted by molar-refractivity contribution is 5.88. The highest BCUT2D eigenvalue weighted by atomic mass is 19.1. The van der Waals surface area contributed by atoms with Crippen molar-refractivity contribution in [2.24, 2.45) is 7.05 Å². The van der Waals surface area contributed by atoms with E-state index in [-0.39, 0.29) is 5.75 Å². The molecule has 0 unspecified atom stereocenters. The van der Waals surface area contributed by atoms with Crippen LogP contribution < -0.4 is 10.2 Å². The van der Waals surface area contributed by atoms with Gasteiger partial charge in [0.1, 0.15) is 17.7 Å². The summed E-state index contributed by atoms with van der Waals surface area (Å²) in [5, 5.41) is 19.4. The van der Waals surface area contributed by atoms with Gasteiger partial charge in [0.05, 0.1) is 22.2 Å². The van der Waals surface area contributed by atoms with Crippen LogP contribution in [0.25, 0.3) is 33.2 Å². The average Bonchev–Trinajstić information content (AvgIpc) is 3.36. The van der Waals surface area contributed by atoms with Gasteiger partial charge >= 0.3 is 0 Å². The Balaban J connectivity index is 1.24. The van der Waals surface area contributed by atoms with Gasteiger partial charge < -0.3 is 15.3 Å². The van der Waals surface area contributed by atoms with Crippen molar-refractivity contribution in [3.8, 4) is 17.0 Å². The summed E-state index contributed by atoms with van der Waals surface area (Å²) in [7, 11) is 1.86. The summed E-state index contributed by atoms with van der Waals surface area (Å²) in [6.07, 6.45) is 3.62. The minimum atomic E-state index is -0.627. The number of nitrogens with one attached hydrogen (secondary N) is 1. The molecule has 32 heavy (non-hydrogen) atoms. The third-order valence-corrected chi connectivity index (χ3v) is 6.60. The number of hydrogen-bond donors (Lipinski definition) is 2. The van der Waals surface area contributed by atoms with Gasteiger partial charge in [-0.2, -0.15) is 5.10 Å². The fourth-order valence-corrected chi connectivity index (χ4v) is 4.84. The number of aromatic hydroxyl groups is 1. The fraction of sp³-hybridized carbons (Fsp3) is 0.375. The van der Waals surface area contributed by atoms with Crippen LogP contribution in [0.2, 0.25) is 0 Å². The fourth-order valence-electron chi connectivity index (χ4n) is 4.84. The van der Waals surface area contributed by atoms with Gasteiger partial charge in [-0.05, 0) is 49.6 Å².